The number of nitrogens with zero attached hydrogens (tertiary/aromatic N) is 2. The Hall–Kier alpha value is -2.86. The van der Waals surface area contributed by atoms with Crippen molar-refractivity contribution in [3.63, 3.8) is 0 Å². The Labute approximate surface area is 170 Å². The fourth-order valence-corrected chi connectivity index (χ4v) is 4.98. The number of hydrogen-bond donors (Lipinski definition) is 2. The fraction of sp³-hybridized carbons (Fsp3) is 0.391. The molecule has 0 spiro atoms. The standard InChI is InChI=1S/C23H26N4O2/c1-14-25-20-8-3-15(9-21(20)26-14)10-22(28)27-13-17-11-24-12-19(17)23(27)16-4-6-18(29-2)7-5-16/h3-9,17,19,23-24H,10-13H2,1-2H3,(H,25,26)/t17-,19-,23-/m0/s1. The van der Waals surface area contributed by atoms with Gasteiger partial charge < -0.3 is 19.9 Å². The van der Waals surface area contributed by atoms with E-state index in [1.165, 1.54) is 5.56 Å². The molecule has 5 rings (SSSR count). The number of methoxy groups -OCH3 is 1. The molecule has 2 aromatic carbocycles. The first-order valence-corrected chi connectivity index (χ1v) is 10.2. The van der Waals surface area contributed by atoms with E-state index in [0.717, 1.165) is 47.8 Å². The SMILES string of the molecule is COc1ccc([C@H]2[C@H]3CNC[C@H]3CN2C(=O)Cc2ccc3nc(C)[nH]c3c2)cc1. The largest absolute Gasteiger partial charge is 0.497 e. The van der Waals surface area contributed by atoms with Crippen LogP contribution in [0.2, 0.25) is 0 Å². The Bertz CT molecular complexity index is 1040. The Balaban J connectivity index is 1.41. The van der Waals surface area contributed by atoms with Crippen LogP contribution in [0.5, 0.6) is 5.75 Å². The number of likely N-dealkylation sites (tertiary alicyclic amines) is 1. The number of ether oxygens (including phenoxy) is 1. The second-order valence-electron chi connectivity index (χ2n) is 8.20. The van der Waals surface area contributed by atoms with E-state index in [1.807, 2.05) is 37.3 Å². The van der Waals surface area contributed by atoms with Crippen LogP contribution >= 0.6 is 0 Å². The number of H-pyrrole nitrogens is 1. The van der Waals surface area contributed by atoms with Crippen LogP contribution in [0.1, 0.15) is 23.0 Å². The summed E-state index contributed by atoms with van der Waals surface area (Å²) in [5.41, 5.74) is 4.14. The second kappa shape index (κ2) is 7.19. The minimum absolute atomic E-state index is 0.117. The Kier molecular flexibility index (Phi) is 4.51. The van der Waals surface area contributed by atoms with Crippen LogP contribution in [0.25, 0.3) is 11.0 Å². The third-order valence-corrected chi connectivity index (χ3v) is 6.36. The Morgan fingerprint density at radius 1 is 1.21 bits per heavy atom. The highest BCUT2D eigenvalue weighted by Crippen LogP contribution is 2.43. The smallest absolute Gasteiger partial charge is 0.227 e. The highest BCUT2D eigenvalue weighted by molar-refractivity contribution is 5.82. The molecule has 3 atom stereocenters. The number of carbonyl (C=O) groups excluding carboxylic acids is 1. The molecular weight excluding hydrogens is 364 g/mol. The molecule has 0 saturated carbocycles. The van der Waals surface area contributed by atoms with E-state index in [4.69, 9.17) is 4.74 Å². The van der Waals surface area contributed by atoms with Gasteiger partial charge in [-0.1, -0.05) is 18.2 Å². The predicted octanol–water partition coefficient (Wildman–Crippen LogP) is 2.84. The van der Waals surface area contributed by atoms with Crippen LogP contribution in [0.15, 0.2) is 42.5 Å². The molecule has 2 saturated heterocycles. The molecule has 29 heavy (non-hydrogen) atoms. The maximum absolute atomic E-state index is 13.3. The average molecular weight is 390 g/mol. The van der Waals surface area contributed by atoms with Gasteiger partial charge in [-0.2, -0.15) is 0 Å². The molecule has 0 aliphatic carbocycles. The lowest BCUT2D eigenvalue weighted by Crippen LogP contribution is -2.35. The van der Waals surface area contributed by atoms with Crippen LogP contribution in [-0.2, 0) is 11.2 Å². The monoisotopic (exact) mass is 390 g/mol. The van der Waals surface area contributed by atoms with Gasteiger partial charge >= 0.3 is 0 Å². The number of nitrogens with one attached hydrogen (secondary N) is 2. The third-order valence-electron chi connectivity index (χ3n) is 6.36. The van der Waals surface area contributed by atoms with E-state index in [2.05, 4.69) is 32.3 Å². The first-order valence-electron chi connectivity index (χ1n) is 10.2. The number of imidazole rings is 1. The van der Waals surface area contributed by atoms with Crippen molar-refractivity contribution in [1.29, 1.82) is 0 Å². The Morgan fingerprint density at radius 2 is 2.03 bits per heavy atom. The maximum atomic E-state index is 13.3. The van der Waals surface area contributed by atoms with Gasteiger partial charge in [0.05, 0.1) is 30.6 Å². The van der Waals surface area contributed by atoms with Gasteiger partial charge in [0.25, 0.3) is 0 Å². The van der Waals surface area contributed by atoms with Crippen LogP contribution in [0.3, 0.4) is 0 Å². The van der Waals surface area contributed by atoms with Gasteiger partial charge in [0.1, 0.15) is 11.6 Å². The lowest BCUT2D eigenvalue weighted by molar-refractivity contribution is -0.131. The van der Waals surface area contributed by atoms with Crippen molar-refractivity contribution in [3.05, 3.63) is 59.4 Å². The number of hydrogen-bond acceptors (Lipinski definition) is 4. The minimum atomic E-state index is 0.117. The van der Waals surface area contributed by atoms with Gasteiger partial charge in [-0.05, 0) is 48.2 Å². The molecule has 2 fully saturated rings. The summed E-state index contributed by atoms with van der Waals surface area (Å²) in [7, 11) is 1.68. The normalized spacial score (nSPS) is 23.5. The first kappa shape index (κ1) is 18.2. The topological polar surface area (TPSA) is 70.2 Å². The molecule has 150 valence electrons. The summed E-state index contributed by atoms with van der Waals surface area (Å²) < 4.78 is 5.31. The molecule has 1 amide bonds. The first-order chi connectivity index (χ1) is 14.1. The zero-order valence-electron chi connectivity index (χ0n) is 16.8. The molecule has 1 aromatic heterocycles. The molecule has 6 nitrogen and oxygen atoms in total. The van der Waals surface area contributed by atoms with Crippen molar-refractivity contribution in [3.8, 4) is 5.75 Å². The number of rotatable bonds is 4. The minimum Gasteiger partial charge on any atom is -0.497 e. The van der Waals surface area contributed by atoms with E-state index in [-0.39, 0.29) is 11.9 Å². The summed E-state index contributed by atoms with van der Waals surface area (Å²) in [6.45, 7) is 4.71. The average Bonchev–Trinajstić information content (AvgIpc) is 3.41. The molecule has 3 heterocycles. The number of amides is 1. The summed E-state index contributed by atoms with van der Waals surface area (Å²) in [6, 6.07) is 14.4. The van der Waals surface area contributed by atoms with Crippen molar-refractivity contribution in [2.24, 2.45) is 11.8 Å². The zero-order chi connectivity index (χ0) is 20.0. The van der Waals surface area contributed by atoms with E-state index >= 15 is 0 Å². The summed E-state index contributed by atoms with van der Waals surface area (Å²) in [6.07, 6.45) is 0.410. The maximum Gasteiger partial charge on any atom is 0.227 e. The molecule has 0 bridgehead atoms. The van der Waals surface area contributed by atoms with E-state index in [9.17, 15) is 4.79 Å². The summed E-state index contributed by atoms with van der Waals surface area (Å²) in [5.74, 6) is 2.90. The molecule has 2 aliphatic rings. The lowest BCUT2D eigenvalue weighted by Gasteiger charge is -2.28. The highest BCUT2D eigenvalue weighted by atomic mass is 16.5. The quantitative estimate of drug-likeness (QED) is 0.719. The summed E-state index contributed by atoms with van der Waals surface area (Å²) in [4.78, 5) is 23.2. The van der Waals surface area contributed by atoms with Crippen molar-refractivity contribution in [1.82, 2.24) is 20.2 Å². The van der Waals surface area contributed by atoms with Gasteiger partial charge in [0.2, 0.25) is 5.91 Å². The zero-order valence-corrected chi connectivity index (χ0v) is 16.8. The number of carbonyl (C=O) groups is 1. The van der Waals surface area contributed by atoms with Gasteiger partial charge in [-0.3, -0.25) is 4.79 Å². The molecule has 3 aromatic rings. The van der Waals surface area contributed by atoms with Gasteiger partial charge in [-0.25, -0.2) is 4.98 Å². The highest BCUT2D eigenvalue weighted by Gasteiger charge is 2.46. The van der Waals surface area contributed by atoms with Crippen LogP contribution in [0, 0.1) is 18.8 Å². The Morgan fingerprint density at radius 3 is 2.83 bits per heavy atom. The van der Waals surface area contributed by atoms with E-state index in [0.29, 0.717) is 18.3 Å². The van der Waals surface area contributed by atoms with Crippen molar-refractivity contribution < 1.29 is 9.53 Å². The summed E-state index contributed by atoms with van der Waals surface area (Å²) >= 11 is 0. The van der Waals surface area contributed by atoms with Gasteiger partial charge in [0, 0.05) is 25.6 Å². The second-order valence-corrected chi connectivity index (χ2v) is 8.20. The van der Waals surface area contributed by atoms with E-state index in [1.54, 1.807) is 7.11 Å². The molecule has 0 unspecified atom stereocenters. The molecule has 6 heteroatoms. The van der Waals surface area contributed by atoms with Crippen molar-refractivity contribution in [2.45, 2.75) is 19.4 Å². The van der Waals surface area contributed by atoms with Gasteiger partial charge in [0.15, 0.2) is 0 Å². The number of aryl methyl sites for hydroxylation is 1. The van der Waals surface area contributed by atoms with Gasteiger partial charge in [-0.15, -0.1) is 0 Å². The van der Waals surface area contributed by atoms with E-state index < -0.39 is 0 Å². The lowest BCUT2D eigenvalue weighted by atomic mass is 9.89. The van der Waals surface area contributed by atoms with Crippen molar-refractivity contribution in [2.75, 3.05) is 26.7 Å². The predicted molar refractivity (Wildman–Crippen MR) is 112 cm³/mol. The summed E-state index contributed by atoms with van der Waals surface area (Å²) in [5, 5.41) is 3.50. The number of aromatic nitrogens is 2. The number of aromatic amines is 1. The van der Waals surface area contributed by atoms with Crippen LogP contribution in [0.4, 0.5) is 0 Å². The van der Waals surface area contributed by atoms with Crippen LogP contribution < -0.4 is 10.1 Å². The molecule has 2 aliphatic heterocycles. The fourth-order valence-electron chi connectivity index (χ4n) is 4.98. The third kappa shape index (κ3) is 3.27. The van der Waals surface area contributed by atoms with Crippen molar-refractivity contribution >= 4 is 16.9 Å². The number of fused-ring (bicyclic) bond motifs is 2. The molecule has 2 N–H and O–H groups in total. The van der Waals surface area contributed by atoms with Crippen LogP contribution in [-0.4, -0.2) is 47.5 Å². The molecular formula is C23H26N4O2. The number of benzene rings is 2. The molecule has 0 radical (unpaired) electrons.